The highest BCUT2D eigenvalue weighted by atomic mass is 15.2. The van der Waals surface area contributed by atoms with E-state index in [4.69, 9.17) is 0 Å². The number of para-hydroxylation sites is 1. The molecular formula is C62H71N3. The van der Waals surface area contributed by atoms with Crippen LogP contribution in [0.3, 0.4) is 0 Å². The van der Waals surface area contributed by atoms with E-state index in [-0.39, 0.29) is 10.8 Å². The van der Waals surface area contributed by atoms with Gasteiger partial charge in [0.15, 0.2) is 0 Å². The Kier molecular flexibility index (Phi) is 12.9. The second-order valence-corrected chi connectivity index (χ2v) is 20.7. The molecule has 1 heterocycles. The summed E-state index contributed by atoms with van der Waals surface area (Å²) in [5.74, 6) is 0. The first-order valence-corrected chi connectivity index (χ1v) is 24.2. The molecule has 0 aliphatic rings. The van der Waals surface area contributed by atoms with Crippen molar-refractivity contribution in [1.29, 1.82) is 0 Å². The van der Waals surface area contributed by atoms with Gasteiger partial charge in [-0.2, -0.15) is 0 Å². The number of aryl methyl sites for hydroxylation is 6. The van der Waals surface area contributed by atoms with Gasteiger partial charge in [-0.15, -0.1) is 0 Å². The van der Waals surface area contributed by atoms with Crippen molar-refractivity contribution in [2.45, 2.75) is 132 Å². The first-order chi connectivity index (χ1) is 31.1. The van der Waals surface area contributed by atoms with Crippen molar-refractivity contribution in [2.75, 3.05) is 9.80 Å². The minimum atomic E-state index is 0.0419. The van der Waals surface area contributed by atoms with Crippen molar-refractivity contribution in [1.82, 2.24) is 4.57 Å². The molecule has 1 aromatic heterocycles. The second kappa shape index (κ2) is 18.4. The average Bonchev–Trinajstić information content (AvgIpc) is 3.60. The number of hydrogen-bond donors (Lipinski definition) is 0. The first-order valence-electron chi connectivity index (χ1n) is 24.2. The summed E-state index contributed by atoms with van der Waals surface area (Å²) >= 11 is 0. The Labute approximate surface area is 390 Å². The summed E-state index contributed by atoms with van der Waals surface area (Å²) in [6, 6.07) is 53.2. The summed E-state index contributed by atoms with van der Waals surface area (Å²) in [5, 5.41) is 2.70. The molecule has 8 rings (SSSR count). The fourth-order valence-corrected chi connectivity index (χ4v) is 9.84. The van der Waals surface area contributed by atoms with Crippen LogP contribution in [0.15, 0.2) is 140 Å². The monoisotopic (exact) mass is 858 g/mol. The Morgan fingerprint density at radius 3 is 1.12 bits per heavy atom. The fourth-order valence-electron chi connectivity index (χ4n) is 9.84. The average molecular weight is 858 g/mol. The SMILES string of the molecule is CCCCc1ccc2c(c1)c1cc(CCCC)ccc1n2-c1ccc(N(c2ccc(N(c3ccccc3)c3c(C)cc(C(C)(C)C)cc3C)cc2)c2c(C)cc(C(C)(C)C)cc2C)cc1. The van der Waals surface area contributed by atoms with Crippen molar-refractivity contribution in [3.63, 3.8) is 0 Å². The van der Waals surface area contributed by atoms with E-state index in [2.05, 4.69) is 237 Å². The largest absolute Gasteiger partial charge is 0.310 e. The summed E-state index contributed by atoms with van der Waals surface area (Å²) in [5.41, 5.74) is 21.4. The number of unbranched alkanes of at least 4 members (excludes halogenated alkanes) is 2. The third-order valence-electron chi connectivity index (χ3n) is 13.4. The number of hydrogen-bond acceptors (Lipinski definition) is 2. The van der Waals surface area contributed by atoms with Crippen molar-refractivity contribution in [3.8, 4) is 5.69 Å². The zero-order chi connectivity index (χ0) is 46.2. The number of fused-ring (bicyclic) bond motifs is 3. The Morgan fingerprint density at radius 1 is 0.415 bits per heavy atom. The van der Waals surface area contributed by atoms with Gasteiger partial charge in [-0.1, -0.05) is 123 Å². The van der Waals surface area contributed by atoms with Crippen LogP contribution in [0.5, 0.6) is 0 Å². The lowest BCUT2D eigenvalue weighted by Crippen LogP contribution is -2.17. The molecule has 0 amide bonds. The molecule has 0 saturated heterocycles. The predicted octanol–water partition coefficient (Wildman–Crippen LogP) is 18.2. The number of rotatable bonds is 13. The molecule has 0 fully saturated rings. The van der Waals surface area contributed by atoms with Gasteiger partial charge in [-0.25, -0.2) is 0 Å². The van der Waals surface area contributed by atoms with Crippen LogP contribution in [0.2, 0.25) is 0 Å². The fraction of sp³-hybridized carbons (Fsp3) is 0.323. The molecule has 3 nitrogen and oxygen atoms in total. The van der Waals surface area contributed by atoms with Crippen LogP contribution in [-0.4, -0.2) is 4.57 Å². The maximum Gasteiger partial charge on any atom is 0.0541 e. The van der Waals surface area contributed by atoms with E-state index in [1.165, 1.54) is 109 Å². The van der Waals surface area contributed by atoms with Crippen molar-refractivity contribution in [2.24, 2.45) is 0 Å². The van der Waals surface area contributed by atoms with Crippen molar-refractivity contribution >= 4 is 55.9 Å². The van der Waals surface area contributed by atoms with Crippen LogP contribution in [0.4, 0.5) is 34.1 Å². The molecule has 334 valence electrons. The summed E-state index contributed by atoms with van der Waals surface area (Å²) in [6.07, 6.45) is 7.05. The van der Waals surface area contributed by atoms with Crippen LogP contribution in [-0.2, 0) is 23.7 Å². The zero-order valence-corrected chi connectivity index (χ0v) is 41.4. The highest BCUT2D eigenvalue weighted by molar-refractivity contribution is 6.09. The molecule has 0 N–H and O–H groups in total. The Bertz CT molecular complexity index is 2820. The van der Waals surface area contributed by atoms with Crippen molar-refractivity contribution in [3.05, 3.63) is 184 Å². The second-order valence-electron chi connectivity index (χ2n) is 20.7. The molecule has 8 aromatic rings. The Morgan fingerprint density at radius 2 is 0.769 bits per heavy atom. The summed E-state index contributed by atoms with van der Waals surface area (Å²) < 4.78 is 2.48. The molecule has 0 bridgehead atoms. The summed E-state index contributed by atoms with van der Waals surface area (Å²) in [7, 11) is 0. The molecule has 3 heteroatoms. The molecule has 0 radical (unpaired) electrons. The molecule has 0 aliphatic carbocycles. The van der Waals surface area contributed by atoms with Gasteiger partial charge in [0.1, 0.15) is 0 Å². The molecule has 0 aliphatic heterocycles. The van der Waals surface area contributed by atoms with Gasteiger partial charge in [-0.3, -0.25) is 0 Å². The van der Waals surface area contributed by atoms with E-state index in [9.17, 15) is 0 Å². The third-order valence-corrected chi connectivity index (χ3v) is 13.4. The smallest absolute Gasteiger partial charge is 0.0541 e. The van der Waals surface area contributed by atoms with E-state index >= 15 is 0 Å². The highest BCUT2D eigenvalue weighted by Gasteiger charge is 2.25. The van der Waals surface area contributed by atoms with Crippen LogP contribution >= 0.6 is 0 Å². The lowest BCUT2D eigenvalue weighted by molar-refractivity contribution is 0.589. The topological polar surface area (TPSA) is 11.4 Å². The number of aromatic nitrogens is 1. The van der Waals surface area contributed by atoms with Gasteiger partial charge >= 0.3 is 0 Å². The molecule has 0 unspecified atom stereocenters. The van der Waals surface area contributed by atoms with E-state index in [0.29, 0.717) is 0 Å². The van der Waals surface area contributed by atoms with E-state index in [1.807, 2.05) is 0 Å². The predicted molar refractivity (Wildman–Crippen MR) is 284 cm³/mol. The van der Waals surface area contributed by atoms with Gasteiger partial charge in [-0.05, 0) is 194 Å². The molecule has 0 atom stereocenters. The minimum absolute atomic E-state index is 0.0419. The maximum absolute atomic E-state index is 2.48. The number of benzene rings is 7. The van der Waals surface area contributed by atoms with E-state index in [1.54, 1.807) is 0 Å². The normalized spacial score (nSPS) is 12.1. The number of nitrogens with zero attached hydrogens (tertiary/aromatic N) is 3. The maximum atomic E-state index is 2.48. The van der Waals surface area contributed by atoms with Gasteiger partial charge in [0.05, 0.1) is 22.4 Å². The van der Waals surface area contributed by atoms with E-state index in [0.717, 1.165) is 35.6 Å². The highest BCUT2D eigenvalue weighted by Crippen LogP contribution is 2.45. The van der Waals surface area contributed by atoms with Gasteiger partial charge in [0, 0.05) is 39.2 Å². The van der Waals surface area contributed by atoms with E-state index < -0.39 is 0 Å². The Hall–Kier alpha value is -6.06. The van der Waals surface area contributed by atoms with Crippen LogP contribution < -0.4 is 9.80 Å². The zero-order valence-electron chi connectivity index (χ0n) is 41.4. The molecule has 0 saturated carbocycles. The molecule has 0 spiro atoms. The van der Waals surface area contributed by atoms with Gasteiger partial charge in [0.25, 0.3) is 0 Å². The molecule has 65 heavy (non-hydrogen) atoms. The summed E-state index contributed by atoms with van der Waals surface area (Å²) in [4.78, 5) is 4.90. The Balaban J connectivity index is 1.26. The first kappa shape index (κ1) is 45.5. The van der Waals surface area contributed by atoms with Crippen molar-refractivity contribution < 1.29 is 0 Å². The minimum Gasteiger partial charge on any atom is -0.310 e. The van der Waals surface area contributed by atoms with Crippen LogP contribution in [0.1, 0.15) is 126 Å². The van der Waals surface area contributed by atoms with Crippen LogP contribution in [0, 0.1) is 27.7 Å². The quantitative estimate of drug-likeness (QED) is 0.114. The summed E-state index contributed by atoms with van der Waals surface area (Å²) in [6.45, 7) is 27.4. The standard InChI is InChI=1S/C62H71N3/c1-13-15-20-46-24-34-57-55(40-46)56-41-47(21-16-14-2)25-35-58(56)65(57)54-32-30-53(31-33-54)64(60-44(5)38-49(39-45(60)6)62(10,11)12)52-28-26-51(27-29-52)63(50-22-18-17-19-23-50)59-42(3)36-48(37-43(59)4)61(7,8)9/h17-19,22-41H,13-16,20-21H2,1-12H3. The lowest BCUT2D eigenvalue weighted by Gasteiger charge is -2.32. The lowest BCUT2D eigenvalue weighted by atomic mass is 9.84. The molecular weight excluding hydrogens is 787 g/mol. The third kappa shape index (κ3) is 9.26. The van der Waals surface area contributed by atoms with Gasteiger partial charge < -0.3 is 14.4 Å². The molecule has 7 aromatic carbocycles. The van der Waals surface area contributed by atoms with Gasteiger partial charge in [0.2, 0.25) is 0 Å². The number of anilines is 6. The van der Waals surface area contributed by atoms with Crippen LogP contribution in [0.25, 0.3) is 27.5 Å².